The summed E-state index contributed by atoms with van der Waals surface area (Å²) in [5, 5.41) is 3.16. The highest BCUT2D eigenvalue weighted by molar-refractivity contribution is 5.35. The van der Waals surface area contributed by atoms with Gasteiger partial charge in [0.1, 0.15) is 0 Å². The maximum absolute atomic E-state index is 11.4. The second kappa shape index (κ2) is 3.66. The molecular weight excluding hydrogens is 192 g/mol. The smallest absolute Gasteiger partial charge is 0.290 e. The molecule has 15 heavy (non-hydrogen) atoms. The van der Waals surface area contributed by atoms with E-state index in [4.69, 9.17) is 5.73 Å². The van der Waals surface area contributed by atoms with Crippen molar-refractivity contribution in [3.05, 3.63) is 22.7 Å². The van der Waals surface area contributed by atoms with Crippen molar-refractivity contribution >= 4 is 5.82 Å². The molecular formula is C10H16N4O. The first kappa shape index (κ1) is 10.2. The molecule has 0 amide bonds. The van der Waals surface area contributed by atoms with Gasteiger partial charge in [0, 0.05) is 18.9 Å². The lowest BCUT2D eigenvalue weighted by Crippen LogP contribution is -2.46. The van der Waals surface area contributed by atoms with Gasteiger partial charge in [-0.15, -0.1) is 0 Å². The zero-order valence-electron chi connectivity index (χ0n) is 8.79. The SMILES string of the molecule is CC(CN)(Nc1ncc[nH]c1=O)C1CC1. The molecule has 1 aliphatic carbocycles. The van der Waals surface area contributed by atoms with Crippen LogP contribution in [0.2, 0.25) is 0 Å². The molecule has 1 unspecified atom stereocenters. The summed E-state index contributed by atoms with van der Waals surface area (Å²) in [6.45, 7) is 2.55. The van der Waals surface area contributed by atoms with E-state index in [1.165, 1.54) is 19.0 Å². The van der Waals surface area contributed by atoms with Crippen molar-refractivity contribution in [2.24, 2.45) is 11.7 Å². The number of nitrogens with zero attached hydrogens (tertiary/aromatic N) is 1. The maximum atomic E-state index is 11.4. The van der Waals surface area contributed by atoms with Crippen molar-refractivity contribution in [3.63, 3.8) is 0 Å². The van der Waals surface area contributed by atoms with Gasteiger partial charge in [-0.2, -0.15) is 0 Å². The van der Waals surface area contributed by atoms with Gasteiger partial charge < -0.3 is 16.0 Å². The second-order valence-electron chi connectivity index (χ2n) is 4.29. The second-order valence-corrected chi connectivity index (χ2v) is 4.29. The molecule has 2 rings (SSSR count). The standard InChI is InChI=1S/C10H16N4O/c1-10(6-11,7-2-3-7)14-8-9(15)13-5-4-12-8/h4-5,7H,2-3,6,11H2,1H3,(H,12,14)(H,13,15). The Labute approximate surface area is 88.1 Å². The Morgan fingerprint density at radius 2 is 2.47 bits per heavy atom. The van der Waals surface area contributed by atoms with E-state index in [1.807, 2.05) is 6.92 Å². The largest absolute Gasteiger partial charge is 0.359 e. The maximum Gasteiger partial charge on any atom is 0.290 e. The predicted octanol–water partition coefficient (Wildman–Crippen LogP) is 0.309. The van der Waals surface area contributed by atoms with Crippen LogP contribution in [-0.4, -0.2) is 22.1 Å². The topological polar surface area (TPSA) is 83.8 Å². The summed E-state index contributed by atoms with van der Waals surface area (Å²) >= 11 is 0. The monoisotopic (exact) mass is 208 g/mol. The average molecular weight is 208 g/mol. The molecule has 0 bridgehead atoms. The lowest BCUT2D eigenvalue weighted by molar-refractivity contribution is 0.457. The van der Waals surface area contributed by atoms with E-state index in [-0.39, 0.29) is 11.1 Å². The molecule has 1 aromatic heterocycles. The molecule has 1 heterocycles. The van der Waals surface area contributed by atoms with Gasteiger partial charge in [0.25, 0.3) is 5.56 Å². The Bertz CT molecular complexity index is 398. The highest BCUT2D eigenvalue weighted by Crippen LogP contribution is 2.40. The number of nitrogens with one attached hydrogen (secondary N) is 2. The van der Waals surface area contributed by atoms with E-state index in [2.05, 4.69) is 15.3 Å². The molecule has 1 atom stereocenters. The van der Waals surface area contributed by atoms with Crippen molar-refractivity contribution in [2.75, 3.05) is 11.9 Å². The fraction of sp³-hybridized carbons (Fsp3) is 0.600. The molecule has 5 nitrogen and oxygen atoms in total. The van der Waals surface area contributed by atoms with Crippen molar-refractivity contribution in [1.29, 1.82) is 0 Å². The number of rotatable bonds is 4. The molecule has 82 valence electrons. The van der Waals surface area contributed by atoms with Crippen LogP contribution in [0.4, 0.5) is 5.82 Å². The molecule has 0 spiro atoms. The van der Waals surface area contributed by atoms with Gasteiger partial charge in [0.05, 0.1) is 5.54 Å². The van der Waals surface area contributed by atoms with Crippen molar-refractivity contribution in [3.8, 4) is 0 Å². The molecule has 4 N–H and O–H groups in total. The van der Waals surface area contributed by atoms with Crippen molar-refractivity contribution in [2.45, 2.75) is 25.3 Å². The summed E-state index contributed by atoms with van der Waals surface area (Å²) in [6, 6.07) is 0. The summed E-state index contributed by atoms with van der Waals surface area (Å²) in [4.78, 5) is 18.0. The number of nitrogens with two attached hydrogens (primary N) is 1. The summed E-state index contributed by atoms with van der Waals surface area (Å²) in [6.07, 6.45) is 5.43. The fourth-order valence-corrected chi connectivity index (χ4v) is 1.75. The van der Waals surface area contributed by atoms with Gasteiger partial charge in [0.15, 0.2) is 5.82 Å². The minimum Gasteiger partial charge on any atom is -0.359 e. The number of anilines is 1. The van der Waals surface area contributed by atoms with Gasteiger partial charge >= 0.3 is 0 Å². The molecule has 0 aliphatic heterocycles. The van der Waals surface area contributed by atoms with E-state index >= 15 is 0 Å². The van der Waals surface area contributed by atoms with Crippen molar-refractivity contribution in [1.82, 2.24) is 9.97 Å². The highest BCUT2D eigenvalue weighted by atomic mass is 16.1. The quantitative estimate of drug-likeness (QED) is 0.665. The lowest BCUT2D eigenvalue weighted by atomic mass is 9.96. The van der Waals surface area contributed by atoms with Gasteiger partial charge in [-0.1, -0.05) is 0 Å². The minimum absolute atomic E-state index is 0.196. The Morgan fingerprint density at radius 1 is 1.73 bits per heavy atom. The molecule has 0 saturated heterocycles. The molecule has 5 heteroatoms. The van der Waals surface area contributed by atoms with Crippen LogP contribution in [0.3, 0.4) is 0 Å². The van der Waals surface area contributed by atoms with E-state index < -0.39 is 0 Å². The number of H-pyrrole nitrogens is 1. The number of hydrogen-bond acceptors (Lipinski definition) is 4. The van der Waals surface area contributed by atoms with E-state index in [0.29, 0.717) is 18.3 Å². The van der Waals surface area contributed by atoms with Crippen LogP contribution in [0.15, 0.2) is 17.2 Å². The minimum atomic E-state index is -0.207. The third-order valence-electron chi connectivity index (χ3n) is 3.01. The fourth-order valence-electron chi connectivity index (χ4n) is 1.75. The average Bonchev–Trinajstić information content (AvgIpc) is 3.05. The number of hydrogen-bond donors (Lipinski definition) is 3. The van der Waals surface area contributed by atoms with E-state index in [0.717, 1.165) is 0 Å². The molecule has 0 aromatic carbocycles. The third kappa shape index (κ3) is 2.02. The summed E-state index contributed by atoms with van der Waals surface area (Å²) < 4.78 is 0. The molecule has 1 aliphatic rings. The molecule has 0 radical (unpaired) electrons. The Kier molecular flexibility index (Phi) is 2.48. The lowest BCUT2D eigenvalue weighted by Gasteiger charge is -2.29. The van der Waals surface area contributed by atoms with E-state index in [9.17, 15) is 4.79 Å². The van der Waals surface area contributed by atoms with Gasteiger partial charge in [-0.3, -0.25) is 4.79 Å². The Morgan fingerprint density at radius 3 is 3.00 bits per heavy atom. The first-order chi connectivity index (χ1) is 7.15. The number of aromatic nitrogens is 2. The van der Waals surface area contributed by atoms with Gasteiger partial charge in [0.2, 0.25) is 0 Å². The van der Waals surface area contributed by atoms with Crippen LogP contribution in [0.5, 0.6) is 0 Å². The predicted molar refractivity (Wildman–Crippen MR) is 58.7 cm³/mol. The van der Waals surface area contributed by atoms with Crippen LogP contribution in [0.1, 0.15) is 19.8 Å². The zero-order chi connectivity index (χ0) is 10.9. The third-order valence-corrected chi connectivity index (χ3v) is 3.01. The van der Waals surface area contributed by atoms with Crippen LogP contribution in [-0.2, 0) is 0 Å². The van der Waals surface area contributed by atoms with Crippen LogP contribution < -0.4 is 16.6 Å². The number of aromatic amines is 1. The normalized spacial score (nSPS) is 19.6. The summed E-state index contributed by atoms with van der Waals surface area (Å²) in [7, 11) is 0. The Balaban J connectivity index is 2.20. The van der Waals surface area contributed by atoms with E-state index in [1.54, 1.807) is 6.20 Å². The van der Waals surface area contributed by atoms with Crippen LogP contribution >= 0.6 is 0 Å². The van der Waals surface area contributed by atoms with Crippen molar-refractivity contribution < 1.29 is 0 Å². The van der Waals surface area contributed by atoms with Gasteiger partial charge in [-0.25, -0.2) is 4.98 Å². The first-order valence-corrected chi connectivity index (χ1v) is 5.17. The first-order valence-electron chi connectivity index (χ1n) is 5.17. The molecule has 1 fully saturated rings. The van der Waals surface area contributed by atoms with Gasteiger partial charge in [-0.05, 0) is 25.7 Å². The molecule has 1 aromatic rings. The summed E-state index contributed by atoms with van der Waals surface area (Å²) in [5.41, 5.74) is 5.34. The molecule has 1 saturated carbocycles. The highest BCUT2D eigenvalue weighted by Gasteiger charge is 2.41. The van der Waals surface area contributed by atoms with Crippen LogP contribution in [0, 0.1) is 5.92 Å². The summed E-state index contributed by atoms with van der Waals surface area (Å²) in [5.74, 6) is 0.918. The zero-order valence-corrected chi connectivity index (χ0v) is 8.79. The van der Waals surface area contributed by atoms with Crippen LogP contribution in [0.25, 0.3) is 0 Å². The Hall–Kier alpha value is -1.36.